The molecule has 0 saturated carbocycles. The Morgan fingerprint density at radius 2 is 1.95 bits per heavy atom. The maximum Gasteiger partial charge on any atom is 0.410 e. The summed E-state index contributed by atoms with van der Waals surface area (Å²) in [7, 11) is 1.43. The van der Waals surface area contributed by atoms with E-state index in [2.05, 4.69) is 17.5 Å². The second kappa shape index (κ2) is 5.07. The standard InChI is InChI=1S/C15H19N3O2/c1-20-15(19)18-11-6-7-12(18)9-10(8-11)17-14-5-3-2-4-13(14)16/h2-7,10-12,17H,8-9,16H2,1H3/t11-,12-/m1/s1. The largest absolute Gasteiger partial charge is 0.453 e. The zero-order chi connectivity index (χ0) is 14.1. The number of amides is 1. The summed E-state index contributed by atoms with van der Waals surface area (Å²) >= 11 is 0. The maximum atomic E-state index is 11.8. The van der Waals surface area contributed by atoms with Crippen LogP contribution in [0.25, 0.3) is 0 Å². The lowest BCUT2D eigenvalue weighted by Gasteiger charge is -2.38. The predicted molar refractivity (Wildman–Crippen MR) is 78.5 cm³/mol. The number of nitrogens with zero attached hydrogens (tertiary/aromatic N) is 1. The van der Waals surface area contributed by atoms with E-state index in [0.29, 0.717) is 6.04 Å². The number of fused-ring (bicyclic) bond motifs is 2. The first-order valence-corrected chi connectivity index (χ1v) is 6.84. The first-order chi connectivity index (χ1) is 9.69. The second-order valence-corrected chi connectivity index (χ2v) is 5.30. The van der Waals surface area contributed by atoms with Crippen LogP contribution in [0.4, 0.5) is 16.2 Å². The highest BCUT2D eigenvalue weighted by Gasteiger charge is 2.40. The van der Waals surface area contributed by atoms with E-state index in [1.807, 2.05) is 29.2 Å². The van der Waals surface area contributed by atoms with Gasteiger partial charge >= 0.3 is 6.09 Å². The topological polar surface area (TPSA) is 67.6 Å². The Balaban J connectivity index is 1.69. The average Bonchev–Trinajstić information content (AvgIpc) is 2.72. The normalized spacial score (nSPS) is 27.4. The molecule has 0 radical (unpaired) electrons. The number of carbonyl (C=O) groups is 1. The second-order valence-electron chi connectivity index (χ2n) is 5.30. The number of nitrogen functional groups attached to an aromatic ring is 1. The van der Waals surface area contributed by atoms with Crippen LogP contribution in [0, 0.1) is 0 Å². The zero-order valence-corrected chi connectivity index (χ0v) is 11.5. The monoisotopic (exact) mass is 273 g/mol. The molecular formula is C15H19N3O2. The molecule has 1 aromatic carbocycles. The molecule has 2 atom stereocenters. The SMILES string of the molecule is COC(=O)N1[C@@H]2C=C[C@@H]1CC(Nc1ccccc1N)C2. The summed E-state index contributed by atoms with van der Waals surface area (Å²) in [6.07, 6.45) is 5.69. The zero-order valence-electron chi connectivity index (χ0n) is 11.5. The average molecular weight is 273 g/mol. The van der Waals surface area contributed by atoms with Crippen LogP contribution >= 0.6 is 0 Å². The Morgan fingerprint density at radius 3 is 2.55 bits per heavy atom. The Kier molecular flexibility index (Phi) is 3.26. The molecule has 0 aromatic heterocycles. The van der Waals surface area contributed by atoms with Gasteiger partial charge < -0.3 is 15.8 Å². The van der Waals surface area contributed by atoms with Gasteiger partial charge in [-0.15, -0.1) is 0 Å². The van der Waals surface area contributed by atoms with Crippen molar-refractivity contribution in [2.24, 2.45) is 0 Å². The molecule has 2 aliphatic heterocycles. The number of hydrogen-bond acceptors (Lipinski definition) is 4. The van der Waals surface area contributed by atoms with Gasteiger partial charge in [-0.2, -0.15) is 0 Å². The van der Waals surface area contributed by atoms with Gasteiger partial charge in [0.25, 0.3) is 0 Å². The Labute approximate surface area is 118 Å². The minimum absolute atomic E-state index is 0.114. The molecule has 3 rings (SSSR count). The van der Waals surface area contributed by atoms with Crippen molar-refractivity contribution in [3.8, 4) is 0 Å². The maximum absolute atomic E-state index is 11.8. The number of nitrogens with two attached hydrogens (primary N) is 1. The highest BCUT2D eigenvalue weighted by Crippen LogP contribution is 2.33. The van der Waals surface area contributed by atoms with E-state index in [-0.39, 0.29) is 18.2 Å². The molecule has 3 N–H and O–H groups in total. The summed E-state index contributed by atoms with van der Waals surface area (Å²) < 4.78 is 4.85. The first kappa shape index (κ1) is 12.8. The number of hydrogen-bond donors (Lipinski definition) is 2. The molecule has 0 aliphatic carbocycles. The fourth-order valence-corrected chi connectivity index (χ4v) is 3.09. The van der Waals surface area contributed by atoms with Gasteiger partial charge in [-0.25, -0.2) is 4.79 Å². The molecular weight excluding hydrogens is 254 g/mol. The number of anilines is 2. The van der Waals surface area contributed by atoms with Crippen molar-refractivity contribution in [2.75, 3.05) is 18.2 Å². The van der Waals surface area contributed by atoms with Crippen LogP contribution in [-0.4, -0.2) is 36.2 Å². The molecule has 2 aliphatic rings. The Hall–Kier alpha value is -2.17. The van der Waals surface area contributed by atoms with Gasteiger partial charge in [0.15, 0.2) is 0 Å². The fraction of sp³-hybridized carbons (Fsp3) is 0.400. The van der Waals surface area contributed by atoms with E-state index in [1.165, 1.54) is 7.11 Å². The van der Waals surface area contributed by atoms with E-state index in [4.69, 9.17) is 10.5 Å². The molecule has 5 heteroatoms. The van der Waals surface area contributed by atoms with Crippen molar-refractivity contribution in [1.82, 2.24) is 4.90 Å². The van der Waals surface area contributed by atoms with Gasteiger partial charge in [0.05, 0.1) is 30.6 Å². The van der Waals surface area contributed by atoms with E-state index in [1.54, 1.807) is 0 Å². The summed E-state index contributed by atoms with van der Waals surface area (Å²) in [5.74, 6) is 0. The van der Waals surface area contributed by atoms with Crippen molar-refractivity contribution >= 4 is 17.5 Å². The van der Waals surface area contributed by atoms with E-state index >= 15 is 0 Å². The number of piperidine rings is 1. The molecule has 1 fully saturated rings. The Morgan fingerprint density at radius 1 is 1.30 bits per heavy atom. The van der Waals surface area contributed by atoms with Crippen LogP contribution in [-0.2, 0) is 4.74 Å². The number of methoxy groups -OCH3 is 1. The summed E-state index contributed by atoms with van der Waals surface area (Å²) in [5.41, 5.74) is 7.67. The summed E-state index contributed by atoms with van der Waals surface area (Å²) in [6, 6.07) is 8.30. The number of rotatable bonds is 2. The van der Waals surface area contributed by atoms with Crippen LogP contribution < -0.4 is 11.1 Å². The molecule has 0 unspecified atom stereocenters. The van der Waals surface area contributed by atoms with Crippen LogP contribution in [0.1, 0.15) is 12.8 Å². The summed E-state index contributed by atoms with van der Waals surface area (Å²) in [5, 5.41) is 3.48. The van der Waals surface area contributed by atoms with Crippen molar-refractivity contribution in [3.05, 3.63) is 36.4 Å². The van der Waals surface area contributed by atoms with Crippen LogP contribution in [0.3, 0.4) is 0 Å². The molecule has 20 heavy (non-hydrogen) atoms. The van der Waals surface area contributed by atoms with Gasteiger partial charge in [0, 0.05) is 6.04 Å². The minimum Gasteiger partial charge on any atom is -0.453 e. The number of benzene rings is 1. The van der Waals surface area contributed by atoms with E-state index in [9.17, 15) is 4.79 Å². The van der Waals surface area contributed by atoms with Gasteiger partial charge in [0.1, 0.15) is 0 Å². The van der Waals surface area contributed by atoms with E-state index < -0.39 is 0 Å². The molecule has 1 aromatic rings. The van der Waals surface area contributed by atoms with Crippen molar-refractivity contribution in [1.29, 1.82) is 0 Å². The van der Waals surface area contributed by atoms with Crippen LogP contribution in [0.2, 0.25) is 0 Å². The molecule has 1 saturated heterocycles. The number of ether oxygens (including phenoxy) is 1. The van der Waals surface area contributed by atoms with Crippen LogP contribution in [0.15, 0.2) is 36.4 Å². The van der Waals surface area contributed by atoms with Crippen LogP contribution in [0.5, 0.6) is 0 Å². The highest BCUT2D eigenvalue weighted by atomic mass is 16.5. The van der Waals surface area contributed by atoms with Crippen molar-refractivity contribution in [3.63, 3.8) is 0 Å². The van der Waals surface area contributed by atoms with Gasteiger partial charge in [-0.3, -0.25) is 4.90 Å². The Bertz CT molecular complexity index is 528. The quantitative estimate of drug-likeness (QED) is 0.640. The van der Waals surface area contributed by atoms with Crippen molar-refractivity contribution < 1.29 is 9.53 Å². The molecule has 0 spiro atoms. The molecule has 1 amide bonds. The number of carbonyl (C=O) groups excluding carboxylic acids is 1. The predicted octanol–water partition coefficient (Wildman–Crippen LogP) is 2.22. The van der Waals surface area contributed by atoms with Crippen molar-refractivity contribution in [2.45, 2.75) is 31.0 Å². The fourth-order valence-electron chi connectivity index (χ4n) is 3.09. The van der Waals surface area contributed by atoms with Gasteiger partial charge in [-0.1, -0.05) is 24.3 Å². The molecule has 5 nitrogen and oxygen atoms in total. The third-order valence-corrected chi connectivity index (χ3v) is 4.03. The highest BCUT2D eigenvalue weighted by molar-refractivity contribution is 5.70. The number of nitrogens with one attached hydrogen (secondary N) is 1. The summed E-state index contributed by atoms with van der Waals surface area (Å²) in [4.78, 5) is 13.6. The minimum atomic E-state index is -0.248. The van der Waals surface area contributed by atoms with Gasteiger partial charge in [-0.05, 0) is 25.0 Å². The first-order valence-electron chi connectivity index (χ1n) is 6.84. The molecule has 2 heterocycles. The lowest BCUT2D eigenvalue weighted by molar-refractivity contribution is 0.0895. The smallest absolute Gasteiger partial charge is 0.410 e. The molecule has 106 valence electrons. The number of para-hydroxylation sites is 2. The summed E-state index contributed by atoms with van der Waals surface area (Å²) in [6.45, 7) is 0. The lowest BCUT2D eigenvalue weighted by Crippen LogP contribution is -2.50. The van der Waals surface area contributed by atoms with Gasteiger partial charge in [0.2, 0.25) is 0 Å². The third-order valence-electron chi connectivity index (χ3n) is 4.03. The third kappa shape index (κ3) is 2.19. The van der Waals surface area contributed by atoms with E-state index in [0.717, 1.165) is 24.2 Å². The molecule has 2 bridgehead atoms. The lowest BCUT2D eigenvalue weighted by atomic mass is 9.96.